The van der Waals surface area contributed by atoms with Crippen molar-refractivity contribution in [3.05, 3.63) is 0 Å². The summed E-state index contributed by atoms with van der Waals surface area (Å²) in [6.45, 7) is 5.69. The van der Waals surface area contributed by atoms with Crippen molar-refractivity contribution in [2.24, 2.45) is 0 Å². The molecule has 1 unspecified atom stereocenters. The van der Waals surface area contributed by atoms with Gasteiger partial charge < -0.3 is 10.6 Å². The van der Waals surface area contributed by atoms with Crippen LogP contribution in [0.1, 0.15) is 20.8 Å². The third kappa shape index (κ3) is 9.30. The first-order valence-electron chi connectivity index (χ1n) is 2.57. The lowest BCUT2D eigenvalue weighted by atomic mass is 10.4. The molecule has 0 rings (SSSR count). The molecule has 0 bridgehead atoms. The average molecular weight is 121 g/mol. The fourth-order valence-electron chi connectivity index (χ4n) is 0.482. The van der Waals surface area contributed by atoms with Crippen LogP contribution in [0.3, 0.4) is 0 Å². The number of rotatable bonds is 2. The summed E-state index contributed by atoms with van der Waals surface area (Å²) < 4.78 is 0. The van der Waals surface area contributed by atoms with Crippen LogP contribution in [0.25, 0.3) is 0 Å². The SMILES string of the molecule is CC(C)NC(C)O.O. The molecule has 0 aliphatic heterocycles. The number of nitrogens with one attached hydrogen (secondary N) is 1. The number of aliphatic hydroxyl groups excluding tert-OH is 1. The molecule has 3 nitrogen and oxygen atoms in total. The summed E-state index contributed by atoms with van der Waals surface area (Å²) in [4.78, 5) is 0. The van der Waals surface area contributed by atoms with Crippen molar-refractivity contribution >= 4 is 0 Å². The molecule has 0 heterocycles. The quantitative estimate of drug-likeness (QED) is 0.484. The predicted molar refractivity (Wildman–Crippen MR) is 33.6 cm³/mol. The van der Waals surface area contributed by atoms with Crippen molar-refractivity contribution in [1.29, 1.82) is 0 Å². The van der Waals surface area contributed by atoms with Gasteiger partial charge in [-0.15, -0.1) is 0 Å². The van der Waals surface area contributed by atoms with E-state index in [1.165, 1.54) is 0 Å². The molecule has 0 aliphatic rings. The van der Waals surface area contributed by atoms with Crippen LogP contribution in [0.15, 0.2) is 0 Å². The van der Waals surface area contributed by atoms with Gasteiger partial charge >= 0.3 is 0 Å². The van der Waals surface area contributed by atoms with E-state index in [-0.39, 0.29) is 11.7 Å². The largest absolute Gasteiger partial charge is 0.412 e. The van der Waals surface area contributed by atoms with Crippen molar-refractivity contribution in [3.63, 3.8) is 0 Å². The normalized spacial score (nSPS) is 13.1. The summed E-state index contributed by atoms with van der Waals surface area (Å²) in [6, 6.07) is 0.375. The smallest absolute Gasteiger partial charge is 0.102 e. The topological polar surface area (TPSA) is 63.8 Å². The molecule has 0 fully saturated rings. The monoisotopic (exact) mass is 121 g/mol. The van der Waals surface area contributed by atoms with Gasteiger partial charge in [0.2, 0.25) is 0 Å². The molecule has 0 aromatic rings. The molecule has 0 radical (unpaired) electrons. The Bertz CT molecular complexity index is 39.7. The minimum Gasteiger partial charge on any atom is -0.412 e. The molecule has 0 saturated heterocycles. The van der Waals surface area contributed by atoms with Crippen LogP contribution in [0, 0.1) is 0 Å². The second-order valence-electron chi connectivity index (χ2n) is 2.00. The Kier molecular flexibility index (Phi) is 6.78. The van der Waals surface area contributed by atoms with Gasteiger partial charge in [-0.2, -0.15) is 0 Å². The average Bonchev–Trinajstić information content (AvgIpc) is 1.27. The molecule has 0 aromatic carbocycles. The molecule has 3 heteroatoms. The summed E-state index contributed by atoms with van der Waals surface area (Å²) in [7, 11) is 0. The van der Waals surface area contributed by atoms with Gasteiger partial charge in [0.15, 0.2) is 0 Å². The lowest BCUT2D eigenvalue weighted by molar-refractivity contribution is 0.146. The standard InChI is InChI=1S/C5H13NO.H2O/c1-4(2)6-5(3)7;/h4-7H,1-3H3;1H2. The number of hydrogen-bond acceptors (Lipinski definition) is 2. The Morgan fingerprint density at radius 3 is 1.62 bits per heavy atom. The van der Waals surface area contributed by atoms with Gasteiger partial charge in [-0.05, 0) is 20.8 Å². The fraction of sp³-hybridized carbons (Fsp3) is 1.00. The second kappa shape index (κ2) is 5.03. The first-order valence-corrected chi connectivity index (χ1v) is 2.57. The van der Waals surface area contributed by atoms with E-state index in [4.69, 9.17) is 5.11 Å². The van der Waals surface area contributed by atoms with E-state index in [1.807, 2.05) is 13.8 Å². The minimum absolute atomic E-state index is 0. The maximum atomic E-state index is 8.61. The molecule has 0 spiro atoms. The molecule has 0 amide bonds. The van der Waals surface area contributed by atoms with Gasteiger partial charge in [0.25, 0.3) is 0 Å². The van der Waals surface area contributed by atoms with Crippen molar-refractivity contribution in [1.82, 2.24) is 5.32 Å². The summed E-state index contributed by atoms with van der Waals surface area (Å²) in [5.41, 5.74) is 0. The van der Waals surface area contributed by atoms with Crippen molar-refractivity contribution < 1.29 is 10.6 Å². The highest BCUT2D eigenvalue weighted by atomic mass is 16.3. The van der Waals surface area contributed by atoms with Crippen LogP contribution in [0.2, 0.25) is 0 Å². The Labute approximate surface area is 50.0 Å². The van der Waals surface area contributed by atoms with Crippen molar-refractivity contribution in [2.45, 2.75) is 33.0 Å². The zero-order valence-corrected chi connectivity index (χ0v) is 5.60. The Hall–Kier alpha value is -0.120. The number of aliphatic hydroxyl groups is 1. The maximum Gasteiger partial charge on any atom is 0.102 e. The highest BCUT2D eigenvalue weighted by Gasteiger charge is 1.93. The molecular weight excluding hydrogens is 106 g/mol. The Balaban J connectivity index is 0. The third-order valence-corrected chi connectivity index (χ3v) is 0.575. The van der Waals surface area contributed by atoms with Crippen LogP contribution in [0.4, 0.5) is 0 Å². The van der Waals surface area contributed by atoms with Crippen molar-refractivity contribution in [3.8, 4) is 0 Å². The molecule has 0 aromatic heterocycles. The Morgan fingerprint density at radius 1 is 1.25 bits per heavy atom. The Morgan fingerprint density at radius 2 is 1.62 bits per heavy atom. The van der Waals surface area contributed by atoms with Gasteiger partial charge in [-0.3, -0.25) is 5.32 Å². The third-order valence-electron chi connectivity index (χ3n) is 0.575. The van der Waals surface area contributed by atoms with E-state index in [0.717, 1.165) is 0 Å². The summed E-state index contributed by atoms with van der Waals surface area (Å²) in [6.07, 6.45) is -0.375. The second-order valence-corrected chi connectivity index (χ2v) is 2.00. The van der Waals surface area contributed by atoms with E-state index in [9.17, 15) is 0 Å². The summed E-state index contributed by atoms with van der Waals surface area (Å²) in [5, 5.41) is 11.5. The fourth-order valence-corrected chi connectivity index (χ4v) is 0.482. The maximum absolute atomic E-state index is 8.61. The molecule has 0 saturated carbocycles. The lowest BCUT2D eigenvalue weighted by Crippen LogP contribution is -2.31. The van der Waals surface area contributed by atoms with Crippen molar-refractivity contribution in [2.75, 3.05) is 0 Å². The van der Waals surface area contributed by atoms with Crippen LogP contribution < -0.4 is 5.32 Å². The van der Waals surface area contributed by atoms with Crippen LogP contribution >= 0.6 is 0 Å². The van der Waals surface area contributed by atoms with E-state index >= 15 is 0 Å². The zero-order chi connectivity index (χ0) is 5.86. The van der Waals surface area contributed by atoms with E-state index in [2.05, 4.69) is 5.32 Å². The van der Waals surface area contributed by atoms with E-state index in [0.29, 0.717) is 6.04 Å². The first kappa shape index (κ1) is 10.8. The number of hydrogen-bond donors (Lipinski definition) is 2. The summed E-state index contributed by atoms with van der Waals surface area (Å²) >= 11 is 0. The van der Waals surface area contributed by atoms with Crippen LogP contribution in [-0.4, -0.2) is 22.9 Å². The van der Waals surface area contributed by atoms with Crippen LogP contribution in [0.5, 0.6) is 0 Å². The minimum atomic E-state index is -0.375. The first-order chi connectivity index (χ1) is 3.13. The van der Waals surface area contributed by atoms with E-state index < -0.39 is 0 Å². The molecule has 0 aliphatic carbocycles. The van der Waals surface area contributed by atoms with Gasteiger partial charge in [-0.1, -0.05) is 0 Å². The molecular formula is C5H15NO2. The summed E-state index contributed by atoms with van der Waals surface area (Å²) in [5.74, 6) is 0. The van der Waals surface area contributed by atoms with E-state index in [1.54, 1.807) is 6.92 Å². The van der Waals surface area contributed by atoms with Gasteiger partial charge in [0, 0.05) is 6.04 Å². The molecule has 1 atom stereocenters. The van der Waals surface area contributed by atoms with Crippen LogP contribution in [-0.2, 0) is 0 Å². The highest BCUT2D eigenvalue weighted by Crippen LogP contribution is 1.77. The highest BCUT2D eigenvalue weighted by molar-refractivity contribution is 4.50. The molecule has 4 N–H and O–H groups in total. The van der Waals surface area contributed by atoms with Gasteiger partial charge in [0.05, 0.1) is 0 Å². The zero-order valence-electron chi connectivity index (χ0n) is 5.60. The van der Waals surface area contributed by atoms with Gasteiger partial charge in [-0.25, -0.2) is 0 Å². The molecule has 52 valence electrons. The lowest BCUT2D eigenvalue weighted by Gasteiger charge is -2.09. The van der Waals surface area contributed by atoms with Gasteiger partial charge in [0.1, 0.15) is 6.23 Å². The predicted octanol–water partition coefficient (Wildman–Crippen LogP) is -0.502. The molecule has 8 heavy (non-hydrogen) atoms.